The van der Waals surface area contributed by atoms with Crippen molar-refractivity contribution in [2.24, 2.45) is 0 Å². The van der Waals surface area contributed by atoms with Crippen LogP contribution in [0.1, 0.15) is 0 Å². The van der Waals surface area contributed by atoms with Gasteiger partial charge in [0.25, 0.3) is 0 Å². The molecule has 0 aliphatic heterocycles. The third-order valence-electron chi connectivity index (χ3n) is 5.35. The first-order valence-corrected chi connectivity index (χ1v) is 10.4. The number of rotatable bonds is 2. The molecule has 30 heavy (non-hydrogen) atoms. The number of hydrogen-bond acceptors (Lipinski definition) is 4. The van der Waals surface area contributed by atoms with Crippen LogP contribution in [0.2, 0.25) is 0 Å². The molecule has 0 amide bonds. The second kappa shape index (κ2) is 6.40. The number of anilines is 1. The highest BCUT2D eigenvalue weighted by Gasteiger charge is 2.18. The van der Waals surface area contributed by atoms with Crippen LogP contribution in [0.25, 0.3) is 53.9 Å². The predicted octanol–water partition coefficient (Wildman–Crippen LogP) is 7.25. The number of para-hydroxylation sites is 3. The van der Waals surface area contributed by atoms with Crippen molar-refractivity contribution in [1.82, 2.24) is 4.98 Å². The van der Waals surface area contributed by atoms with Gasteiger partial charge in [-0.25, -0.2) is 9.37 Å². The normalized spacial score (nSPS) is 11.6. The minimum Gasteiger partial charge on any atom is -0.455 e. The molecule has 0 unspecified atom stereocenters. The predicted molar refractivity (Wildman–Crippen MR) is 122 cm³/mol. The topological polar surface area (TPSA) is 52.0 Å². The highest BCUT2D eigenvalue weighted by atomic mass is 32.1. The van der Waals surface area contributed by atoms with Crippen molar-refractivity contribution >= 4 is 49.2 Å². The monoisotopic (exact) mass is 410 g/mol. The molecule has 0 saturated carbocycles. The maximum atomic E-state index is 14.6. The van der Waals surface area contributed by atoms with E-state index in [0.29, 0.717) is 11.3 Å². The van der Waals surface area contributed by atoms with Gasteiger partial charge in [-0.1, -0.05) is 48.5 Å². The van der Waals surface area contributed by atoms with E-state index in [4.69, 9.17) is 15.1 Å². The van der Waals surface area contributed by atoms with Crippen molar-refractivity contribution in [3.8, 4) is 21.7 Å². The molecule has 144 valence electrons. The summed E-state index contributed by atoms with van der Waals surface area (Å²) in [4.78, 5) is 4.85. The third kappa shape index (κ3) is 2.52. The van der Waals surface area contributed by atoms with Gasteiger partial charge in [0.1, 0.15) is 22.0 Å². The average molecular weight is 410 g/mol. The molecule has 0 fully saturated rings. The van der Waals surface area contributed by atoms with Crippen LogP contribution in [-0.4, -0.2) is 4.98 Å². The molecule has 5 heteroatoms. The molecule has 0 aliphatic rings. The van der Waals surface area contributed by atoms with Gasteiger partial charge >= 0.3 is 0 Å². The number of hydrogen-bond donors (Lipinski definition) is 1. The van der Waals surface area contributed by atoms with E-state index < -0.39 is 0 Å². The number of aromatic nitrogens is 1. The van der Waals surface area contributed by atoms with Crippen LogP contribution in [0, 0.1) is 5.82 Å². The van der Waals surface area contributed by atoms with Gasteiger partial charge < -0.3 is 10.2 Å². The molecule has 0 atom stereocenters. The Kier molecular flexibility index (Phi) is 3.67. The number of furan rings is 1. The van der Waals surface area contributed by atoms with Crippen LogP contribution in [-0.2, 0) is 0 Å². The second-order valence-electron chi connectivity index (χ2n) is 7.19. The zero-order chi connectivity index (χ0) is 20.2. The summed E-state index contributed by atoms with van der Waals surface area (Å²) < 4.78 is 21.5. The molecule has 2 N–H and O–H groups in total. The molecule has 6 aromatic rings. The summed E-state index contributed by atoms with van der Waals surface area (Å²) in [5.74, 6) is -0.304. The summed E-state index contributed by atoms with van der Waals surface area (Å²) in [5, 5.41) is 2.81. The molecule has 0 aliphatic carbocycles. The molecule has 0 saturated heterocycles. The number of halogens is 1. The number of nitrogen functional groups attached to an aromatic ring is 1. The Morgan fingerprint density at radius 2 is 1.57 bits per heavy atom. The van der Waals surface area contributed by atoms with Crippen LogP contribution in [0.3, 0.4) is 0 Å². The average Bonchev–Trinajstić information content (AvgIpc) is 3.34. The van der Waals surface area contributed by atoms with E-state index >= 15 is 0 Å². The molecule has 0 radical (unpaired) electrons. The largest absolute Gasteiger partial charge is 0.455 e. The van der Waals surface area contributed by atoms with E-state index in [1.165, 1.54) is 23.5 Å². The Labute approximate surface area is 175 Å². The van der Waals surface area contributed by atoms with Crippen LogP contribution in [0.15, 0.2) is 83.3 Å². The van der Waals surface area contributed by atoms with Crippen LogP contribution in [0.5, 0.6) is 0 Å². The van der Waals surface area contributed by atoms with Gasteiger partial charge in [0.2, 0.25) is 0 Å². The standard InChI is InChI=1S/C25H15FN2OS/c26-14-12-19(17-9-5-8-16-15-6-2-4-11-21(15)29-24(16)17)23-22(13-14)30-25(28-23)18-7-1-3-10-20(18)27/h1-13H,27H2. The zero-order valence-corrected chi connectivity index (χ0v) is 16.5. The zero-order valence-electron chi connectivity index (χ0n) is 15.7. The van der Waals surface area contributed by atoms with Crippen molar-refractivity contribution in [3.05, 3.63) is 84.7 Å². The third-order valence-corrected chi connectivity index (χ3v) is 6.38. The lowest BCUT2D eigenvalue weighted by atomic mass is 10.0. The minimum atomic E-state index is -0.304. The minimum absolute atomic E-state index is 0.304. The van der Waals surface area contributed by atoms with E-state index in [-0.39, 0.29) is 5.82 Å². The Morgan fingerprint density at radius 1 is 0.800 bits per heavy atom. The van der Waals surface area contributed by atoms with Gasteiger partial charge in [0.05, 0.1) is 10.2 Å². The number of benzene rings is 4. The molecule has 2 aromatic heterocycles. The quantitative estimate of drug-likeness (QED) is 0.306. The van der Waals surface area contributed by atoms with Gasteiger partial charge in [-0.2, -0.15) is 0 Å². The summed E-state index contributed by atoms with van der Waals surface area (Å²) in [7, 11) is 0. The fraction of sp³-hybridized carbons (Fsp3) is 0. The van der Waals surface area contributed by atoms with Gasteiger partial charge in [0, 0.05) is 33.2 Å². The van der Waals surface area contributed by atoms with Crippen LogP contribution in [0.4, 0.5) is 10.1 Å². The maximum absolute atomic E-state index is 14.6. The van der Waals surface area contributed by atoms with Crippen molar-refractivity contribution < 1.29 is 8.81 Å². The van der Waals surface area contributed by atoms with Crippen LogP contribution >= 0.6 is 11.3 Å². The first-order valence-electron chi connectivity index (χ1n) is 9.54. The van der Waals surface area contributed by atoms with E-state index in [1.54, 1.807) is 0 Å². The number of thiazole rings is 1. The molecular formula is C25H15FN2OS. The van der Waals surface area contributed by atoms with E-state index in [0.717, 1.165) is 48.3 Å². The lowest BCUT2D eigenvalue weighted by Crippen LogP contribution is -1.88. The van der Waals surface area contributed by atoms with E-state index in [1.807, 2.05) is 66.7 Å². The SMILES string of the molecule is Nc1ccccc1-c1nc2c(-c3cccc4c3oc3ccccc34)cc(F)cc2s1. The summed E-state index contributed by atoms with van der Waals surface area (Å²) >= 11 is 1.44. The molecule has 0 bridgehead atoms. The Hall–Kier alpha value is -3.70. The van der Waals surface area contributed by atoms with Gasteiger partial charge in [-0.3, -0.25) is 0 Å². The summed E-state index contributed by atoms with van der Waals surface area (Å²) in [6.45, 7) is 0. The van der Waals surface area contributed by atoms with Crippen molar-refractivity contribution in [3.63, 3.8) is 0 Å². The summed E-state index contributed by atoms with van der Waals surface area (Å²) in [5.41, 5.74) is 11.5. The van der Waals surface area contributed by atoms with Crippen LogP contribution < -0.4 is 5.73 Å². The fourth-order valence-corrected chi connectivity index (χ4v) is 5.03. The summed E-state index contributed by atoms with van der Waals surface area (Å²) in [6.07, 6.45) is 0. The Bertz CT molecular complexity index is 1580. The highest BCUT2D eigenvalue weighted by Crippen LogP contribution is 2.41. The molecule has 3 nitrogen and oxygen atoms in total. The first kappa shape index (κ1) is 17.2. The van der Waals surface area contributed by atoms with Gasteiger partial charge in [0.15, 0.2) is 0 Å². The number of nitrogens with two attached hydrogens (primary N) is 1. The Morgan fingerprint density at radius 3 is 2.47 bits per heavy atom. The molecule has 0 spiro atoms. The highest BCUT2D eigenvalue weighted by molar-refractivity contribution is 7.21. The smallest absolute Gasteiger partial charge is 0.143 e. The molecule has 2 heterocycles. The fourth-order valence-electron chi connectivity index (χ4n) is 3.97. The molecule has 6 rings (SSSR count). The van der Waals surface area contributed by atoms with Crippen molar-refractivity contribution in [2.45, 2.75) is 0 Å². The number of fused-ring (bicyclic) bond motifs is 4. The Balaban J connectivity index is 1.66. The lowest BCUT2D eigenvalue weighted by molar-refractivity contribution is 0.630. The lowest BCUT2D eigenvalue weighted by Gasteiger charge is -2.04. The second-order valence-corrected chi connectivity index (χ2v) is 8.22. The van der Waals surface area contributed by atoms with Gasteiger partial charge in [-0.15, -0.1) is 11.3 Å². The summed E-state index contributed by atoms with van der Waals surface area (Å²) in [6, 6.07) is 24.5. The number of nitrogens with zero attached hydrogens (tertiary/aromatic N) is 1. The van der Waals surface area contributed by atoms with E-state index in [9.17, 15) is 4.39 Å². The molecular weight excluding hydrogens is 395 g/mol. The first-order chi connectivity index (χ1) is 14.7. The molecule has 4 aromatic carbocycles. The van der Waals surface area contributed by atoms with Crippen molar-refractivity contribution in [2.75, 3.05) is 5.73 Å². The maximum Gasteiger partial charge on any atom is 0.143 e. The van der Waals surface area contributed by atoms with Gasteiger partial charge in [-0.05, 0) is 30.3 Å². The van der Waals surface area contributed by atoms with E-state index in [2.05, 4.69) is 0 Å². The van der Waals surface area contributed by atoms with Crippen molar-refractivity contribution in [1.29, 1.82) is 0 Å².